The highest BCUT2D eigenvalue weighted by atomic mass is 32.2. The van der Waals surface area contributed by atoms with Crippen molar-refractivity contribution in [1.29, 1.82) is 0 Å². The number of carbonyl (C=O) groups is 1. The first-order chi connectivity index (χ1) is 12.1. The Balaban J connectivity index is 2.06. The molecule has 2 aromatic carbocycles. The summed E-state index contributed by atoms with van der Waals surface area (Å²) in [4.78, 5) is 10.7. The number of benzene rings is 2. The number of Topliss-reactive ketones (excluding diaryl/α,β-unsaturated/α-hetero) is 1. The highest BCUT2D eigenvalue weighted by Crippen LogP contribution is 2.30. The maximum Gasteiger partial charge on any atom is 0.416 e. The molecule has 26 heavy (non-hydrogen) atoms. The van der Waals surface area contributed by atoms with E-state index in [1.165, 1.54) is 6.92 Å². The summed E-state index contributed by atoms with van der Waals surface area (Å²) in [5, 5.41) is 0. The van der Waals surface area contributed by atoms with E-state index in [4.69, 9.17) is 0 Å². The lowest BCUT2D eigenvalue weighted by Crippen LogP contribution is -2.24. The van der Waals surface area contributed by atoms with Crippen LogP contribution in [-0.4, -0.2) is 20.7 Å². The van der Waals surface area contributed by atoms with Crippen LogP contribution in [0.1, 0.15) is 28.4 Å². The molecule has 0 radical (unpaired) electrons. The number of hydrogen-bond donors (Lipinski definition) is 1. The molecule has 136 valence electrons. The van der Waals surface area contributed by atoms with Gasteiger partial charge in [-0.05, 0) is 37.3 Å². The zero-order chi connectivity index (χ0) is 19.4. The van der Waals surface area contributed by atoms with Gasteiger partial charge in [-0.1, -0.05) is 30.0 Å². The van der Waals surface area contributed by atoms with Crippen LogP contribution in [0.3, 0.4) is 0 Å². The van der Waals surface area contributed by atoms with Gasteiger partial charge in [0.2, 0.25) is 10.0 Å². The summed E-state index contributed by atoms with van der Waals surface area (Å²) in [6.45, 7) is 1.16. The Bertz CT molecular complexity index is 969. The number of carbonyl (C=O) groups excluding carboxylic acids is 1. The Morgan fingerprint density at radius 1 is 1.12 bits per heavy atom. The first-order valence-corrected chi connectivity index (χ1v) is 8.85. The molecule has 2 rings (SSSR count). The van der Waals surface area contributed by atoms with Crippen molar-refractivity contribution < 1.29 is 26.4 Å². The molecule has 0 unspecified atom stereocenters. The number of nitrogens with one attached hydrogen (secondary N) is 1. The summed E-state index contributed by atoms with van der Waals surface area (Å²) in [5.41, 5.74) is 0.0612. The molecule has 0 aliphatic rings. The van der Waals surface area contributed by atoms with Gasteiger partial charge in [-0.3, -0.25) is 4.79 Å². The Hall–Kier alpha value is -2.63. The van der Waals surface area contributed by atoms with E-state index in [0.29, 0.717) is 17.2 Å². The van der Waals surface area contributed by atoms with Crippen molar-refractivity contribution in [2.24, 2.45) is 0 Å². The minimum atomic E-state index is -4.63. The van der Waals surface area contributed by atoms with Crippen molar-refractivity contribution in [3.8, 4) is 11.8 Å². The second kappa shape index (κ2) is 7.72. The van der Waals surface area contributed by atoms with Crippen LogP contribution in [0.5, 0.6) is 0 Å². The maximum absolute atomic E-state index is 12.7. The number of rotatable bonds is 4. The van der Waals surface area contributed by atoms with Crippen molar-refractivity contribution in [2.45, 2.75) is 18.0 Å². The molecule has 0 aliphatic carbocycles. The molecule has 0 amide bonds. The van der Waals surface area contributed by atoms with E-state index in [0.717, 1.165) is 18.2 Å². The highest BCUT2D eigenvalue weighted by Gasteiger charge is 2.31. The molecule has 2 aromatic rings. The Morgan fingerprint density at radius 3 is 2.35 bits per heavy atom. The normalized spacial score (nSPS) is 11.5. The number of alkyl halides is 3. The van der Waals surface area contributed by atoms with Gasteiger partial charge in [-0.15, -0.1) is 0 Å². The Kier molecular flexibility index (Phi) is 5.85. The van der Waals surface area contributed by atoms with E-state index < -0.39 is 26.7 Å². The van der Waals surface area contributed by atoms with Crippen LogP contribution in [0.2, 0.25) is 0 Å². The third-order valence-electron chi connectivity index (χ3n) is 3.35. The van der Waals surface area contributed by atoms with Crippen molar-refractivity contribution in [3.05, 3.63) is 65.2 Å². The van der Waals surface area contributed by atoms with E-state index in [2.05, 4.69) is 16.6 Å². The van der Waals surface area contributed by atoms with Gasteiger partial charge in [0.05, 0.1) is 17.0 Å². The van der Waals surface area contributed by atoms with Crippen LogP contribution < -0.4 is 4.72 Å². The summed E-state index contributed by atoms with van der Waals surface area (Å²) in [6.07, 6.45) is -4.63. The lowest BCUT2D eigenvalue weighted by Gasteiger charge is -2.09. The third-order valence-corrected chi connectivity index (χ3v) is 4.75. The predicted octanol–water partition coefficient (Wildman–Crippen LogP) is 3.24. The van der Waals surface area contributed by atoms with Crippen LogP contribution in [0.4, 0.5) is 13.2 Å². The Morgan fingerprint density at radius 2 is 1.77 bits per heavy atom. The summed E-state index contributed by atoms with van der Waals surface area (Å²) in [7, 11) is -4.11. The van der Waals surface area contributed by atoms with Crippen LogP contribution in [0.15, 0.2) is 53.4 Å². The summed E-state index contributed by atoms with van der Waals surface area (Å²) >= 11 is 0. The van der Waals surface area contributed by atoms with Crippen molar-refractivity contribution in [1.82, 2.24) is 4.72 Å². The number of sulfonamides is 1. The van der Waals surface area contributed by atoms with Crippen LogP contribution >= 0.6 is 0 Å². The molecule has 0 aromatic heterocycles. The van der Waals surface area contributed by atoms with Crippen molar-refractivity contribution >= 4 is 15.8 Å². The van der Waals surface area contributed by atoms with E-state index in [1.807, 2.05) is 0 Å². The standard InChI is InChI=1S/C18H14F3NO3S/c1-13(23)15-9-7-14(8-10-15)4-3-11-22-26(24,25)17-6-2-5-16(12-17)18(19,20)21/h2,5-10,12,22H,11H2,1H3. The minimum absolute atomic E-state index is 0.0849. The van der Waals surface area contributed by atoms with Gasteiger partial charge in [0.15, 0.2) is 5.78 Å². The smallest absolute Gasteiger partial charge is 0.295 e. The van der Waals surface area contributed by atoms with Gasteiger partial charge in [0, 0.05) is 11.1 Å². The van der Waals surface area contributed by atoms with Gasteiger partial charge >= 0.3 is 6.18 Å². The highest BCUT2D eigenvalue weighted by molar-refractivity contribution is 7.89. The van der Waals surface area contributed by atoms with Crippen LogP contribution in [0, 0.1) is 11.8 Å². The largest absolute Gasteiger partial charge is 0.416 e. The fourth-order valence-electron chi connectivity index (χ4n) is 1.99. The molecule has 0 bridgehead atoms. The summed E-state index contributed by atoms with van der Waals surface area (Å²) in [5.74, 6) is 5.19. The average molecular weight is 381 g/mol. The fourth-order valence-corrected chi connectivity index (χ4v) is 2.96. The second-order valence-electron chi connectivity index (χ2n) is 5.29. The molecule has 0 atom stereocenters. The molecule has 0 spiro atoms. The van der Waals surface area contributed by atoms with Crippen LogP contribution in [-0.2, 0) is 16.2 Å². The minimum Gasteiger partial charge on any atom is -0.295 e. The molecular weight excluding hydrogens is 367 g/mol. The van der Waals surface area contributed by atoms with Gasteiger partial charge in [-0.25, -0.2) is 8.42 Å². The average Bonchev–Trinajstić information content (AvgIpc) is 2.58. The van der Waals surface area contributed by atoms with Gasteiger partial charge in [0.1, 0.15) is 0 Å². The molecule has 8 heteroatoms. The number of ketones is 1. The molecule has 0 heterocycles. The third kappa shape index (κ3) is 5.18. The lowest BCUT2D eigenvalue weighted by molar-refractivity contribution is -0.137. The molecule has 0 aliphatic heterocycles. The van der Waals surface area contributed by atoms with Crippen LogP contribution in [0.25, 0.3) is 0 Å². The number of hydrogen-bond acceptors (Lipinski definition) is 3. The van der Waals surface area contributed by atoms with Gasteiger partial charge < -0.3 is 0 Å². The van der Waals surface area contributed by atoms with E-state index in [9.17, 15) is 26.4 Å². The zero-order valence-electron chi connectivity index (χ0n) is 13.6. The molecule has 1 N–H and O–H groups in total. The van der Waals surface area contributed by atoms with E-state index >= 15 is 0 Å². The van der Waals surface area contributed by atoms with E-state index in [1.54, 1.807) is 24.3 Å². The summed E-state index contributed by atoms with van der Waals surface area (Å²) < 4.78 is 64.3. The topological polar surface area (TPSA) is 63.2 Å². The SMILES string of the molecule is CC(=O)c1ccc(C#CCNS(=O)(=O)c2cccc(C(F)(F)F)c2)cc1. The van der Waals surface area contributed by atoms with Crippen molar-refractivity contribution in [2.75, 3.05) is 6.54 Å². The Labute approximate surface area is 149 Å². The quantitative estimate of drug-likeness (QED) is 0.653. The fraction of sp³-hybridized carbons (Fsp3) is 0.167. The zero-order valence-corrected chi connectivity index (χ0v) is 14.4. The van der Waals surface area contributed by atoms with Crippen molar-refractivity contribution in [3.63, 3.8) is 0 Å². The molecule has 4 nitrogen and oxygen atoms in total. The molecule has 0 saturated carbocycles. The van der Waals surface area contributed by atoms with Gasteiger partial charge in [0.25, 0.3) is 0 Å². The number of halogens is 3. The molecule has 0 saturated heterocycles. The second-order valence-corrected chi connectivity index (χ2v) is 7.05. The molecule has 0 fully saturated rings. The maximum atomic E-state index is 12.7. The lowest BCUT2D eigenvalue weighted by atomic mass is 10.1. The molecular formula is C18H14F3NO3S. The van der Waals surface area contributed by atoms with E-state index in [-0.39, 0.29) is 12.3 Å². The predicted molar refractivity (Wildman–Crippen MR) is 90.0 cm³/mol. The summed E-state index contributed by atoms with van der Waals surface area (Å²) in [6, 6.07) is 9.89. The first-order valence-electron chi connectivity index (χ1n) is 7.36. The first kappa shape index (κ1) is 19.7. The monoisotopic (exact) mass is 381 g/mol. The van der Waals surface area contributed by atoms with Gasteiger partial charge in [-0.2, -0.15) is 17.9 Å².